The first kappa shape index (κ1) is 20.6. The molecule has 1 fully saturated rings. The van der Waals surface area contributed by atoms with E-state index in [0.29, 0.717) is 47.7 Å². The Hall–Kier alpha value is -3.32. The highest BCUT2D eigenvalue weighted by Gasteiger charge is 2.33. The molecule has 0 saturated carbocycles. The van der Waals surface area contributed by atoms with Crippen LogP contribution in [0.3, 0.4) is 0 Å². The lowest BCUT2D eigenvalue weighted by molar-refractivity contribution is 0.0725. The first-order chi connectivity index (χ1) is 15.5. The molecule has 2 aliphatic heterocycles. The number of aryl methyl sites for hydroxylation is 1. The van der Waals surface area contributed by atoms with Crippen LogP contribution in [-0.2, 0) is 0 Å². The van der Waals surface area contributed by atoms with Crippen LogP contribution in [0.4, 0.5) is 0 Å². The minimum Gasteiger partial charge on any atom is -0.486 e. The van der Waals surface area contributed by atoms with Crippen molar-refractivity contribution < 1.29 is 14.3 Å². The van der Waals surface area contributed by atoms with Gasteiger partial charge in [-0.2, -0.15) is 5.10 Å². The third kappa shape index (κ3) is 3.62. The van der Waals surface area contributed by atoms with Crippen LogP contribution in [-0.4, -0.2) is 40.3 Å². The van der Waals surface area contributed by atoms with Gasteiger partial charge in [0.15, 0.2) is 17.2 Å². The summed E-state index contributed by atoms with van der Waals surface area (Å²) in [5.74, 6) is 1.01. The molecule has 3 heterocycles. The summed E-state index contributed by atoms with van der Waals surface area (Å²) in [5, 5.41) is 4.92. The summed E-state index contributed by atoms with van der Waals surface area (Å²) in [4.78, 5) is 28.0. The quantitative estimate of drug-likeness (QED) is 0.603. The number of carbonyl (C=O) groups excluding carboxylic acids is 1. The number of para-hydroxylation sites is 1. The molecule has 5 rings (SSSR count). The summed E-state index contributed by atoms with van der Waals surface area (Å²) in [5.41, 5.74) is 1.66. The van der Waals surface area contributed by atoms with Crippen LogP contribution in [0.1, 0.15) is 40.6 Å². The fraction of sp³-hybridized carbons (Fsp3) is 0.292. The second kappa shape index (κ2) is 8.31. The van der Waals surface area contributed by atoms with E-state index < -0.39 is 5.43 Å². The molecule has 0 spiro atoms. The van der Waals surface area contributed by atoms with Gasteiger partial charge in [0.2, 0.25) is 5.43 Å². The average Bonchev–Trinajstić information content (AvgIpc) is 3.29. The molecule has 3 aromatic rings. The number of fused-ring (bicyclic) bond motifs is 1. The Morgan fingerprint density at radius 2 is 1.88 bits per heavy atom. The topological polar surface area (TPSA) is 73.7 Å². The largest absolute Gasteiger partial charge is 0.486 e. The summed E-state index contributed by atoms with van der Waals surface area (Å²) in [6.07, 6.45) is 1.64. The van der Waals surface area contributed by atoms with Gasteiger partial charge in [-0.15, -0.1) is 0 Å². The maximum atomic E-state index is 13.5. The SMILES string of the molecule is Cc1cc(=O)c(C(=O)N2CCC[C@H]2c2ccc3c(c2)OCCO3)nn1-c1ccccc1Cl. The summed E-state index contributed by atoms with van der Waals surface area (Å²) >= 11 is 6.33. The van der Waals surface area contributed by atoms with Gasteiger partial charge in [-0.25, -0.2) is 4.68 Å². The van der Waals surface area contributed by atoms with Gasteiger partial charge in [0.25, 0.3) is 5.91 Å². The predicted molar refractivity (Wildman–Crippen MR) is 120 cm³/mol. The van der Waals surface area contributed by atoms with Crippen molar-refractivity contribution in [2.75, 3.05) is 19.8 Å². The first-order valence-electron chi connectivity index (χ1n) is 10.6. The van der Waals surface area contributed by atoms with E-state index >= 15 is 0 Å². The molecule has 0 N–H and O–H groups in total. The van der Waals surface area contributed by atoms with E-state index in [1.165, 1.54) is 6.07 Å². The van der Waals surface area contributed by atoms with Crippen LogP contribution >= 0.6 is 11.6 Å². The van der Waals surface area contributed by atoms with Crippen molar-refractivity contribution in [3.63, 3.8) is 0 Å². The normalized spacial score (nSPS) is 17.4. The summed E-state index contributed by atoms with van der Waals surface area (Å²) in [6.45, 7) is 3.34. The molecule has 0 radical (unpaired) electrons. The molecule has 1 aromatic heterocycles. The number of aromatic nitrogens is 2. The zero-order chi connectivity index (χ0) is 22.2. The van der Waals surface area contributed by atoms with Crippen LogP contribution in [0.2, 0.25) is 5.02 Å². The number of nitrogens with zero attached hydrogens (tertiary/aromatic N) is 3. The van der Waals surface area contributed by atoms with Crippen LogP contribution < -0.4 is 14.9 Å². The highest BCUT2D eigenvalue weighted by atomic mass is 35.5. The predicted octanol–water partition coefficient (Wildman–Crippen LogP) is 3.94. The molecule has 1 saturated heterocycles. The van der Waals surface area contributed by atoms with Gasteiger partial charge < -0.3 is 14.4 Å². The maximum Gasteiger partial charge on any atom is 0.278 e. The van der Waals surface area contributed by atoms with E-state index in [2.05, 4.69) is 5.10 Å². The zero-order valence-electron chi connectivity index (χ0n) is 17.6. The van der Waals surface area contributed by atoms with Crippen molar-refractivity contribution in [1.82, 2.24) is 14.7 Å². The molecule has 32 heavy (non-hydrogen) atoms. The molecule has 1 amide bonds. The molecule has 7 nitrogen and oxygen atoms in total. The fourth-order valence-corrected chi connectivity index (χ4v) is 4.54. The van der Waals surface area contributed by atoms with Crippen molar-refractivity contribution >= 4 is 17.5 Å². The number of amides is 1. The lowest BCUT2D eigenvalue weighted by Gasteiger charge is -2.26. The van der Waals surface area contributed by atoms with Gasteiger partial charge in [-0.3, -0.25) is 9.59 Å². The van der Waals surface area contributed by atoms with Crippen LogP contribution in [0.25, 0.3) is 5.69 Å². The third-order valence-corrected chi connectivity index (χ3v) is 6.17. The molecule has 2 aromatic carbocycles. The average molecular weight is 452 g/mol. The number of rotatable bonds is 3. The van der Waals surface area contributed by atoms with Crippen molar-refractivity contribution in [3.05, 3.63) is 80.7 Å². The maximum absolute atomic E-state index is 13.5. The van der Waals surface area contributed by atoms with Crippen LogP contribution in [0.5, 0.6) is 11.5 Å². The highest BCUT2D eigenvalue weighted by molar-refractivity contribution is 6.32. The number of hydrogen-bond donors (Lipinski definition) is 0. The Kier molecular flexibility index (Phi) is 5.35. The van der Waals surface area contributed by atoms with Crippen LogP contribution in [0, 0.1) is 6.92 Å². The number of likely N-dealkylation sites (tertiary alicyclic amines) is 1. The molecule has 0 bridgehead atoms. The Balaban J connectivity index is 1.50. The van der Waals surface area contributed by atoms with Crippen molar-refractivity contribution in [2.24, 2.45) is 0 Å². The molecular formula is C24H22ClN3O4. The zero-order valence-corrected chi connectivity index (χ0v) is 18.3. The molecular weight excluding hydrogens is 430 g/mol. The summed E-state index contributed by atoms with van der Waals surface area (Å²) in [7, 11) is 0. The first-order valence-corrected chi connectivity index (χ1v) is 11.0. The van der Waals surface area contributed by atoms with Gasteiger partial charge >= 0.3 is 0 Å². The molecule has 2 aliphatic rings. The van der Waals surface area contributed by atoms with Crippen molar-refractivity contribution in [3.8, 4) is 17.2 Å². The smallest absolute Gasteiger partial charge is 0.278 e. The van der Waals surface area contributed by atoms with Gasteiger partial charge in [-0.05, 0) is 49.6 Å². The van der Waals surface area contributed by atoms with Gasteiger partial charge in [0.05, 0.1) is 16.8 Å². The minimum atomic E-state index is -0.399. The van der Waals surface area contributed by atoms with E-state index in [1.54, 1.807) is 28.6 Å². The number of hydrogen-bond acceptors (Lipinski definition) is 5. The minimum absolute atomic E-state index is 0.111. The lowest BCUT2D eigenvalue weighted by Crippen LogP contribution is -2.36. The van der Waals surface area contributed by atoms with Gasteiger partial charge in [-0.1, -0.05) is 29.8 Å². The molecule has 164 valence electrons. The number of carbonyl (C=O) groups is 1. The highest BCUT2D eigenvalue weighted by Crippen LogP contribution is 2.38. The number of ether oxygens (including phenoxy) is 2. The molecule has 0 aliphatic carbocycles. The van der Waals surface area contributed by atoms with Crippen molar-refractivity contribution in [2.45, 2.75) is 25.8 Å². The van der Waals surface area contributed by atoms with E-state index in [0.717, 1.165) is 18.4 Å². The van der Waals surface area contributed by atoms with Crippen molar-refractivity contribution in [1.29, 1.82) is 0 Å². The Bertz CT molecular complexity index is 1260. The van der Waals surface area contributed by atoms with Crippen LogP contribution in [0.15, 0.2) is 53.3 Å². The number of halogens is 1. The lowest BCUT2D eigenvalue weighted by atomic mass is 10.0. The molecule has 8 heteroatoms. The fourth-order valence-electron chi connectivity index (χ4n) is 4.32. The van der Waals surface area contributed by atoms with E-state index in [-0.39, 0.29) is 17.6 Å². The monoisotopic (exact) mass is 451 g/mol. The standard InChI is InChI=1S/C24H22ClN3O4/c1-15-13-20(29)23(26-28(15)19-6-3-2-5-17(19)25)24(30)27-10-4-7-18(27)16-8-9-21-22(14-16)32-12-11-31-21/h2-3,5-6,8-9,13-14,18H,4,7,10-12H2,1H3/t18-/m0/s1. The summed E-state index contributed by atoms with van der Waals surface area (Å²) < 4.78 is 12.9. The third-order valence-electron chi connectivity index (χ3n) is 5.86. The van der Waals surface area contributed by atoms with Gasteiger partial charge in [0.1, 0.15) is 13.2 Å². The number of benzene rings is 2. The Labute approximate surface area is 190 Å². The second-order valence-corrected chi connectivity index (χ2v) is 8.33. The van der Waals surface area contributed by atoms with E-state index in [4.69, 9.17) is 21.1 Å². The Morgan fingerprint density at radius 3 is 2.69 bits per heavy atom. The molecule has 0 unspecified atom stereocenters. The Morgan fingerprint density at radius 1 is 1.09 bits per heavy atom. The van der Waals surface area contributed by atoms with E-state index in [1.807, 2.05) is 30.3 Å². The van der Waals surface area contributed by atoms with E-state index in [9.17, 15) is 9.59 Å². The molecule has 1 atom stereocenters. The summed E-state index contributed by atoms with van der Waals surface area (Å²) in [6, 6.07) is 14.2. The van der Waals surface area contributed by atoms with Gasteiger partial charge in [0, 0.05) is 18.3 Å². The second-order valence-electron chi connectivity index (χ2n) is 7.92.